The van der Waals surface area contributed by atoms with Crippen LogP contribution in [0.25, 0.3) is 5.57 Å². The van der Waals surface area contributed by atoms with E-state index in [9.17, 15) is 18.4 Å². The Morgan fingerprint density at radius 2 is 2.00 bits per heavy atom. The first-order chi connectivity index (χ1) is 9.95. The first-order valence-electron chi connectivity index (χ1n) is 5.81. The molecule has 21 heavy (non-hydrogen) atoms. The number of rotatable bonds is 1. The van der Waals surface area contributed by atoms with Crippen molar-refractivity contribution in [3.8, 4) is 0 Å². The molecule has 0 saturated heterocycles. The zero-order chi connectivity index (χ0) is 15.1. The van der Waals surface area contributed by atoms with Crippen molar-refractivity contribution >= 4 is 34.5 Å². The molecule has 1 aromatic heterocycles. The molecule has 1 aliphatic heterocycles. The molecular formula is C14H7F2NO3S. The van der Waals surface area contributed by atoms with Crippen LogP contribution in [0.4, 0.5) is 14.5 Å². The summed E-state index contributed by atoms with van der Waals surface area (Å²) in [5.74, 6) is -2.42. The van der Waals surface area contributed by atoms with E-state index >= 15 is 0 Å². The zero-order valence-corrected chi connectivity index (χ0v) is 11.1. The van der Waals surface area contributed by atoms with Crippen molar-refractivity contribution in [3.63, 3.8) is 0 Å². The van der Waals surface area contributed by atoms with E-state index in [4.69, 9.17) is 5.11 Å². The van der Waals surface area contributed by atoms with E-state index < -0.39 is 22.8 Å². The maximum absolute atomic E-state index is 13.5. The number of anilines is 1. The molecule has 2 heterocycles. The summed E-state index contributed by atoms with van der Waals surface area (Å²) in [6.07, 6.45) is 0.881. The molecule has 2 aromatic rings. The van der Waals surface area contributed by atoms with E-state index in [-0.39, 0.29) is 21.7 Å². The second-order valence-corrected chi connectivity index (χ2v) is 5.34. The Bertz CT molecular complexity index is 811. The Hall–Kier alpha value is -2.54. The van der Waals surface area contributed by atoms with E-state index in [0.29, 0.717) is 16.9 Å². The lowest BCUT2D eigenvalue weighted by Crippen LogP contribution is -2.10. The van der Waals surface area contributed by atoms with Crippen molar-refractivity contribution in [2.24, 2.45) is 0 Å². The van der Waals surface area contributed by atoms with Gasteiger partial charge in [0.2, 0.25) is 0 Å². The molecule has 7 heteroatoms. The summed E-state index contributed by atoms with van der Waals surface area (Å²) in [5.41, 5.74) is 0.672. The molecule has 0 aliphatic carbocycles. The van der Waals surface area contributed by atoms with Crippen LogP contribution in [0.3, 0.4) is 0 Å². The number of hydrogen-bond donors (Lipinski definition) is 2. The third kappa shape index (κ3) is 2.31. The van der Waals surface area contributed by atoms with Gasteiger partial charge in [0.05, 0.1) is 16.1 Å². The van der Waals surface area contributed by atoms with Crippen LogP contribution in [0.5, 0.6) is 0 Å². The minimum absolute atomic E-state index is 0.0293. The number of fused-ring (bicyclic) bond motifs is 2. The van der Waals surface area contributed by atoms with E-state index in [2.05, 4.69) is 5.32 Å². The number of carbonyl (C=O) groups is 2. The number of amides is 1. The van der Waals surface area contributed by atoms with Gasteiger partial charge in [-0.05, 0) is 24.3 Å². The summed E-state index contributed by atoms with van der Waals surface area (Å²) < 4.78 is 26.8. The van der Waals surface area contributed by atoms with Crippen molar-refractivity contribution < 1.29 is 23.5 Å². The average Bonchev–Trinajstić information content (AvgIpc) is 2.74. The van der Waals surface area contributed by atoms with Crippen LogP contribution in [-0.4, -0.2) is 17.0 Å². The van der Waals surface area contributed by atoms with Gasteiger partial charge >= 0.3 is 5.97 Å². The van der Waals surface area contributed by atoms with Gasteiger partial charge in [-0.2, -0.15) is 4.39 Å². The predicted octanol–water partition coefficient (Wildman–Crippen LogP) is 3.11. The van der Waals surface area contributed by atoms with Crippen LogP contribution in [0.15, 0.2) is 30.3 Å². The largest absolute Gasteiger partial charge is 0.478 e. The fraction of sp³-hybridized carbons (Fsp3) is 0. The van der Waals surface area contributed by atoms with Crippen molar-refractivity contribution in [1.82, 2.24) is 0 Å². The number of carboxylic acid groups (broad SMARTS) is 1. The summed E-state index contributed by atoms with van der Waals surface area (Å²) in [6, 6.07) is 4.63. The first-order valence-corrected chi connectivity index (χ1v) is 6.63. The van der Waals surface area contributed by atoms with Crippen molar-refractivity contribution in [3.05, 3.63) is 57.3 Å². The van der Waals surface area contributed by atoms with Gasteiger partial charge in [-0.1, -0.05) is 0 Å². The second kappa shape index (κ2) is 4.78. The van der Waals surface area contributed by atoms with Gasteiger partial charge in [0.25, 0.3) is 5.91 Å². The van der Waals surface area contributed by atoms with E-state index in [1.54, 1.807) is 0 Å². The van der Waals surface area contributed by atoms with Crippen LogP contribution < -0.4 is 5.32 Å². The number of carbonyl (C=O) groups excluding carboxylic acids is 1. The number of benzene rings is 1. The normalized spacial score (nSPS) is 15.1. The van der Waals surface area contributed by atoms with Gasteiger partial charge in [-0.15, -0.1) is 11.3 Å². The Morgan fingerprint density at radius 3 is 2.71 bits per heavy atom. The van der Waals surface area contributed by atoms with Crippen molar-refractivity contribution in [2.75, 3.05) is 5.32 Å². The van der Waals surface area contributed by atoms with Gasteiger partial charge in [-0.3, -0.25) is 4.79 Å². The number of thiophene rings is 1. The number of carboxylic acids is 1. The number of halogens is 2. The molecule has 106 valence electrons. The first kappa shape index (κ1) is 13.4. The Balaban J connectivity index is 2.34. The molecule has 4 nitrogen and oxygen atoms in total. The Morgan fingerprint density at radius 1 is 1.24 bits per heavy atom. The van der Waals surface area contributed by atoms with E-state index in [0.717, 1.165) is 24.3 Å². The fourth-order valence-corrected chi connectivity index (χ4v) is 3.08. The van der Waals surface area contributed by atoms with Gasteiger partial charge < -0.3 is 10.4 Å². The number of nitrogens with one attached hydrogen (secondary N) is 1. The molecule has 0 atom stereocenters. The maximum atomic E-state index is 13.5. The van der Waals surface area contributed by atoms with Crippen LogP contribution in [0, 0.1) is 10.9 Å². The predicted molar refractivity (Wildman–Crippen MR) is 73.3 cm³/mol. The molecule has 0 spiro atoms. The van der Waals surface area contributed by atoms with Gasteiger partial charge in [0, 0.05) is 17.2 Å². The summed E-state index contributed by atoms with van der Waals surface area (Å²) in [5, 5.41) is 10.9. The van der Waals surface area contributed by atoms with Crippen LogP contribution in [0.1, 0.15) is 20.8 Å². The molecule has 0 radical (unpaired) electrons. The monoisotopic (exact) mass is 307 g/mol. The molecule has 0 fully saturated rings. The summed E-state index contributed by atoms with van der Waals surface area (Å²) in [7, 11) is 0. The lowest BCUT2D eigenvalue weighted by molar-refractivity contribution is -0.131. The summed E-state index contributed by atoms with van der Waals surface area (Å²) >= 11 is 0.672. The number of aliphatic carboxylic acids is 1. The molecule has 0 saturated carbocycles. The number of hydrogen-bond acceptors (Lipinski definition) is 3. The van der Waals surface area contributed by atoms with Crippen molar-refractivity contribution in [1.29, 1.82) is 0 Å². The SMILES string of the molecule is O=C(O)/C=C1\c2ccc(F)cc2NC(=O)c2cc(F)sc21. The highest BCUT2D eigenvalue weighted by atomic mass is 32.1. The van der Waals surface area contributed by atoms with Crippen molar-refractivity contribution in [2.45, 2.75) is 0 Å². The quantitative estimate of drug-likeness (QED) is 0.796. The molecule has 1 aliphatic rings. The van der Waals surface area contributed by atoms with E-state index in [1.165, 1.54) is 6.07 Å². The minimum Gasteiger partial charge on any atom is -0.478 e. The molecule has 2 N–H and O–H groups in total. The highest BCUT2D eigenvalue weighted by molar-refractivity contribution is 7.12. The van der Waals surface area contributed by atoms with Gasteiger partial charge in [0.15, 0.2) is 5.13 Å². The third-order valence-electron chi connectivity index (χ3n) is 2.98. The van der Waals surface area contributed by atoms with Gasteiger partial charge in [-0.25, -0.2) is 9.18 Å². The zero-order valence-electron chi connectivity index (χ0n) is 10.3. The standard InChI is InChI=1S/C14H7F2NO3S/c15-6-1-2-7-8(5-12(18)19)13-9(4-11(16)21-13)14(20)17-10(7)3-6/h1-5H,(H,17,20)(H,18,19)/b8-5+. The highest BCUT2D eigenvalue weighted by Gasteiger charge is 2.27. The smallest absolute Gasteiger partial charge is 0.328 e. The molecule has 0 bridgehead atoms. The molecule has 0 unspecified atom stereocenters. The Kier molecular flexibility index (Phi) is 3.06. The fourth-order valence-electron chi connectivity index (χ4n) is 2.16. The lowest BCUT2D eigenvalue weighted by atomic mass is 10.0. The topological polar surface area (TPSA) is 66.4 Å². The molecular weight excluding hydrogens is 300 g/mol. The van der Waals surface area contributed by atoms with E-state index in [1.807, 2.05) is 0 Å². The summed E-state index contributed by atoms with van der Waals surface area (Å²) in [6.45, 7) is 0. The summed E-state index contributed by atoms with van der Waals surface area (Å²) in [4.78, 5) is 23.3. The average molecular weight is 307 g/mol. The molecule has 1 amide bonds. The Labute approximate surface area is 121 Å². The van der Waals surface area contributed by atoms with Crippen LogP contribution in [-0.2, 0) is 4.79 Å². The molecule has 3 rings (SSSR count). The molecule has 1 aromatic carbocycles. The second-order valence-electron chi connectivity index (χ2n) is 4.33. The minimum atomic E-state index is -1.24. The highest BCUT2D eigenvalue weighted by Crippen LogP contribution is 2.39. The lowest BCUT2D eigenvalue weighted by Gasteiger charge is -2.08. The van der Waals surface area contributed by atoms with Crippen LogP contribution >= 0.6 is 11.3 Å². The maximum Gasteiger partial charge on any atom is 0.328 e. The van der Waals surface area contributed by atoms with Crippen LogP contribution in [0.2, 0.25) is 0 Å². The third-order valence-corrected chi connectivity index (χ3v) is 3.94. The van der Waals surface area contributed by atoms with Gasteiger partial charge in [0.1, 0.15) is 5.82 Å².